The van der Waals surface area contributed by atoms with E-state index in [1.54, 1.807) is 43.3 Å². The Morgan fingerprint density at radius 2 is 1.47 bits per heavy atom. The maximum absolute atomic E-state index is 10.6. The quantitative estimate of drug-likeness (QED) is 0.712. The first-order valence-corrected chi connectivity index (χ1v) is 10.4. The van der Waals surface area contributed by atoms with Crippen molar-refractivity contribution in [2.45, 2.75) is 24.7 Å². The fourth-order valence-electron chi connectivity index (χ4n) is 5.17. The smallest absolute Gasteiger partial charge is 0.218 e. The molecule has 2 bridgehead atoms. The number of nitrogens with zero attached hydrogens (tertiary/aromatic N) is 3. The van der Waals surface area contributed by atoms with Gasteiger partial charge in [-0.1, -0.05) is 30.3 Å². The predicted octanol–water partition coefficient (Wildman–Crippen LogP) is 3.83. The van der Waals surface area contributed by atoms with Crippen LogP contribution in [-0.4, -0.2) is 33.0 Å². The number of nitriles is 3. The van der Waals surface area contributed by atoms with Gasteiger partial charge in [0.05, 0.1) is 45.5 Å². The fraction of sp³-hybridized carbons (Fsp3) is 0.360. The predicted molar refractivity (Wildman–Crippen MR) is 118 cm³/mol. The van der Waals surface area contributed by atoms with Gasteiger partial charge in [-0.15, -0.1) is 0 Å². The third-order valence-corrected chi connectivity index (χ3v) is 6.67. The fourth-order valence-corrected chi connectivity index (χ4v) is 5.17. The molecule has 2 saturated heterocycles. The number of hydrogen-bond acceptors (Lipinski definition) is 9. The minimum atomic E-state index is -2.16. The molecule has 0 radical (unpaired) electrons. The summed E-state index contributed by atoms with van der Waals surface area (Å²) in [4.78, 5) is 0. The minimum Gasteiger partial charge on any atom is -0.496 e. The summed E-state index contributed by atoms with van der Waals surface area (Å²) in [5.74, 6) is -1.98. The van der Waals surface area contributed by atoms with Gasteiger partial charge in [0, 0.05) is 18.6 Å². The Morgan fingerprint density at radius 3 is 2.00 bits per heavy atom. The van der Waals surface area contributed by atoms with Gasteiger partial charge >= 0.3 is 0 Å². The molecule has 0 saturated carbocycles. The zero-order valence-electron chi connectivity index (χ0n) is 19.1. The second-order valence-electron chi connectivity index (χ2n) is 8.19. The summed E-state index contributed by atoms with van der Waals surface area (Å²) in [5.41, 5.74) is -3.23. The van der Waals surface area contributed by atoms with Crippen molar-refractivity contribution in [2.24, 2.45) is 10.8 Å². The third kappa shape index (κ3) is 2.70. The van der Waals surface area contributed by atoms with Crippen LogP contribution in [0.25, 0.3) is 0 Å². The molecule has 2 heterocycles. The van der Waals surface area contributed by atoms with Gasteiger partial charge < -0.3 is 23.7 Å². The largest absolute Gasteiger partial charge is 0.496 e. The maximum Gasteiger partial charge on any atom is 0.218 e. The van der Waals surface area contributed by atoms with Crippen LogP contribution in [-0.2, 0) is 9.47 Å². The van der Waals surface area contributed by atoms with Crippen LogP contribution in [0, 0.1) is 50.2 Å². The van der Waals surface area contributed by atoms with Gasteiger partial charge in [-0.25, -0.2) is 0 Å². The number of benzene rings is 2. The standard InChI is InChI=1S/C25H22N4O5/c1-23-20(15-8-6-5-7-9-15)25(14-28,22(29)34-23)24(12-26,13-27)21(33-23)16-10-18(31-3)19(32-4)11-17(16)30-2/h5-11,20-21,29H,1-4H3. The van der Waals surface area contributed by atoms with E-state index in [1.165, 1.54) is 21.3 Å². The van der Waals surface area contributed by atoms with E-state index in [0.29, 0.717) is 22.6 Å². The highest BCUT2D eigenvalue weighted by molar-refractivity contribution is 5.90. The third-order valence-electron chi connectivity index (χ3n) is 6.67. The first-order valence-electron chi connectivity index (χ1n) is 10.4. The van der Waals surface area contributed by atoms with Crippen LogP contribution in [0.1, 0.15) is 30.1 Å². The van der Waals surface area contributed by atoms with Crippen molar-refractivity contribution < 1.29 is 23.7 Å². The number of rotatable bonds is 5. The Kier molecular flexibility index (Phi) is 5.36. The maximum atomic E-state index is 10.6. The number of nitrogens with one attached hydrogen (secondary N) is 1. The molecule has 4 atom stereocenters. The van der Waals surface area contributed by atoms with E-state index in [-0.39, 0.29) is 5.75 Å². The summed E-state index contributed by atoms with van der Waals surface area (Å²) < 4.78 is 28.6. The van der Waals surface area contributed by atoms with Crippen molar-refractivity contribution in [2.75, 3.05) is 21.3 Å². The summed E-state index contributed by atoms with van der Waals surface area (Å²) in [7, 11) is 4.34. The molecule has 172 valence electrons. The van der Waals surface area contributed by atoms with Crippen LogP contribution in [0.2, 0.25) is 0 Å². The average molecular weight is 458 g/mol. The monoisotopic (exact) mass is 458 g/mol. The number of ether oxygens (including phenoxy) is 5. The molecular formula is C25H22N4O5. The molecule has 34 heavy (non-hydrogen) atoms. The molecule has 2 fully saturated rings. The van der Waals surface area contributed by atoms with Gasteiger partial charge in [0.1, 0.15) is 11.9 Å². The van der Waals surface area contributed by atoms with E-state index in [4.69, 9.17) is 29.1 Å². The van der Waals surface area contributed by atoms with Crippen LogP contribution in [0.5, 0.6) is 17.2 Å². The Bertz CT molecular complexity index is 1260. The molecule has 0 spiro atoms. The van der Waals surface area contributed by atoms with Crippen molar-refractivity contribution in [3.8, 4) is 35.5 Å². The molecule has 4 rings (SSSR count). The van der Waals surface area contributed by atoms with Crippen LogP contribution in [0.4, 0.5) is 0 Å². The number of fused-ring (bicyclic) bond motifs is 2. The lowest BCUT2D eigenvalue weighted by Crippen LogP contribution is -2.57. The Morgan fingerprint density at radius 1 is 0.882 bits per heavy atom. The van der Waals surface area contributed by atoms with Crippen molar-refractivity contribution in [1.82, 2.24) is 0 Å². The molecule has 2 aromatic carbocycles. The van der Waals surface area contributed by atoms with Crippen molar-refractivity contribution >= 4 is 5.90 Å². The number of hydrogen-bond donors (Lipinski definition) is 1. The molecule has 4 unspecified atom stereocenters. The van der Waals surface area contributed by atoms with E-state index in [2.05, 4.69) is 6.07 Å². The molecule has 0 aliphatic carbocycles. The SMILES string of the molecule is COc1cc(OC)c(C2OC3(C)OC(=N)C(C#N)(C3c3ccccc3)C2(C#N)C#N)cc1OC. The van der Waals surface area contributed by atoms with Crippen LogP contribution < -0.4 is 14.2 Å². The van der Waals surface area contributed by atoms with Crippen LogP contribution in [0.15, 0.2) is 42.5 Å². The summed E-state index contributed by atoms with van der Waals surface area (Å²) >= 11 is 0. The van der Waals surface area contributed by atoms with Crippen LogP contribution in [0.3, 0.4) is 0 Å². The van der Waals surface area contributed by atoms with Gasteiger partial charge in [0.2, 0.25) is 17.1 Å². The molecule has 9 nitrogen and oxygen atoms in total. The highest BCUT2D eigenvalue weighted by Gasteiger charge is 2.80. The van der Waals surface area contributed by atoms with E-state index in [9.17, 15) is 15.8 Å². The number of methoxy groups -OCH3 is 3. The topological polar surface area (TPSA) is 141 Å². The lowest BCUT2D eigenvalue weighted by molar-refractivity contribution is -0.253. The highest BCUT2D eigenvalue weighted by atomic mass is 16.7. The van der Waals surface area contributed by atoms with Gasteiger partial charge in [0.15, 0.2) is 16.9 Å². The molecule has 0 amide bonds. The minimum absolute atomic E-state index is 0.262. The van der Waals surface area contributed by atoms with Crippen molar-refractivity contribution in [1.29, 1.82) is 21.2 Å². The zero-order chi connectivity index (χ0) is 24.7. The highest BCUT2D eigenvalue weighted by Crippen LogP contribution is 2.70. The van der Waals surface area contributed by atoms with Gasteiger partial charge in [-0.05, 0) is 11.6 Å². The Hall–Kier alpha value is -4.26. The van der Waals surface area contributed by atoms with E-state index in [1.807, 2.05) is 18.2 Å². The molecule has 9 heteroatoms. The lowest BCUT2D eigenvalue weighted by atomic mass is 9.52. The Labute approximate surface area is 197 Å². The van der Waals surface area contributed by atoms with Crippen molar-refractivity contribution in [3.63, 3.8) is 0 Å². The van der Waals surface area contributed by atoms with E-state index >= 15 is 0 Å². The van der Waals surface area contributed by atoms with Crippen molar-refractivity contribution in [3.05, 3.63) is 53.6 Å². The second kappa shape index (κ2) is 7.95. The first-order chi connectivity index (χ1) is 16.3. The lowest BCUT2D eigenvalue weighted by Gasteiger charge is -2.49. The first kappa shape index (κ1) is 22.9. The second-order valence-corrected chi connectivity index (χ2v) is 8.19. The van der Waals surface area contributed by atoms with Gasteiger partial charge in [0.25, 0.3) is 0 Å². The van der Waals surface area contributed by atoms with Gasteiger partial charge in [-0.3, -0.25) is 5.41 Å². The van der Waals surface area contributed by atoms with E-state index < -0.39 is 34.5 Å². The molecule has 2 aromatic rings. The normalized spacial score (nSPS) is 28.6. The summed E-state index contributed by atoms with van der Waals surface area (Å²) in [5, 5.41) is 40.2. The van der Waals surface area contributed by atoms with Gasteiger partial charge in [-0.2, -0.15) is 15.8 Å². The molecule has 2 aliphatic rings. The summed E-state index contributed by atoms with van der Waals surface area (Å²) in [6.07, 6.45) is -1.32. The molecular weight excluding hydrogens is 436 g/mol. The molecule has 2 aliphatic heterocycles. The zero-order valence-corrected chi connectivity index (χ0v) is 19.1. The van der Waals surface area contributed by atoms with Crippen LogP contribution >= 0.6 is 0 Å². The van der Waals surface area contributed by atoms with E-state index in [0.717, 1.165) is 0 Å². The summed E-state index contributed by atoms with van der Waals surface area (Å²) in [6.45, 7) is 1.61. The molecule has 1 N–H and O–H groups in total. The Balaban J connectivity index is 2.06. The average Bonchev–Trinajstić information content (AvgIpc) is 3.05. The summed E-state index contributed by atoms with van der Waals surface area (Å²) in [6, 6.07) is 18.2. The molecule has 0 aromatic heterocycles.